The van der Waals surface area contributed by atoms with Crippen LogP contribution in [0.2, 0.25) is 0 Å². The lowest BCUT2D eigenvalue weighted by molar-refractivity contribution is -0.134. The summed E-state index contributed by atoms with van der Waals surface area (Å²) in [5.74, 6) is -2.14. The van der Waals surface area contributed by atoms with Gasteiger partial charge in [0, 0.05) is 0 Å². The second kappa shape index (κ2) is 5.65. The van der Waals surface area contributed by atoms with Crippen molar-refractivity contribution in [2.75, 3.05) is 11.5 Å². The van der Waals surface area contributed by atoms with E-state index in [-0.39, 0.29) is 5.75 Å². The normalized spacial score (nSPS) is 11.2. The van der Waals surface area contributed by atoms with E-state index in [0.29, 0.717) is 12.8 Å². The summed E-state index contributed by atoms with van der Waals surface area (Å²) in [4.78, 5) is 10.3. The summed E-state index contributed by atoms with van der Waals surface area (Å²) in [6, 6.07) is 9.51. The van der Waals surface area contributed by atoms with Gasteiger partial charge in [-0.25, -0.2) is 8.42 Å². The summed E-state index contributed by atoms with van der Waals surface area (Å²) in [6.07, 6.45) is 1.11. The van der Waals surface area contributed by atoms with Gasteiger partial charge in [-0.2, -0.15) is 0 Å². The van der Waals surface area contributed by atoms with Crippen LogP contribution in [-0.2, 0) is 21.1 Å². The Kier molecular flexibility index (Phi) is 4.49. The van der Waals surface area contributed by atoms with Crippen LogP contribution in [0, 0.1) is 0 Å². The third kappa shape index (κ3) is 4.93. The third-order valence-electron chi connectivity index (χ3n) is 2.11. The van der Waals surface area contributed by atoms with E-state index in [1.807, 2.05) is 30.3 Å². The topological polar surface area (TPSA) is 71.4 Å². The van der Waals surface area contributed by atoms with Crippen molar-refractivity contribution in [2.45, 2.75) is 12.8 Å². The number of hydrogen-bond acceptors (Lipinski definition) is 3. The first kappa shape index (κ1) is 12.7. The van der Waals surface area contributed by atoms with Crippen LogP contribution in [0.3, 0.4) is 0 Å². The van der Waals surface area contributed by atoms with Crippen LogP contribution in [-0.4, -0.2) is 31.0 Å². The van der Waals surface area contributed by atoms with Gasteiger partial charge >= 0.3 is 5.97 Å². The molecule has 4 nitrogen and oxygen atoms in total. The molecule has 0 atom stereocenters. The van der Waals surface area contributed by atoms with Crippen molar-refractivity contribution in [3.63, 3.8) is 0 Å². The van der Waals surface area contributed by atoms with Gasteiger partial charge in [0.05, 0.1) is 5.75 Å². The average Bonchev–Trinajstić information content (AvgIpc) is 2.16. The highest BCUT2D eigenvalue weighted by atomic mass is 32.2. The predicted molar refractivity (Wildman–Crippen MR) is 61.1 cm³/mol. The number of rotatable bonds is 6. The van der Waals surface area contributed by atoms with Crippen LogP contribution in [0.5, 0.6) is 0 Å². The molecule has 0 bridgehead atoms. The zero-order chi connectivity index (χ0) is 12.0. The van der Waals surface area contributed by atoms with Crippen LogP contribution < -0.4 is 0 Å². The molecule has 5 heteroatoms. The van der Waals surface area contributed by atoms with Crippen LogP contribution in [0.4, 0.5) is 0 Å². The number of sulfone groups is 1. The molecule has 0 fully saturated rings. The molecule has 0 spiro atoms. The van der Waals surface area contributed by atoms with Crippen molar-refractivity contribution in [3.8, 4) is 0 Å². The molecule has 1 rings (SSSR count). The number of hydrogen-bond donors (Lipinski definition) is 1. The Morgan fingerprint density at radius 2 is 1.81 bits per heavy atom. The average molecular weight is 242 g/mol. The number of aliphatic carboxylic acids is 1. The van der Waals surface area contributed by atoms with Crippen molar-refractivity contribution in [1.82, 2.24) is 0 Å². The quantitative estimate of drug-likeness (QED) is 0.811. The Morgan fingerprint density at radius 1 is 1.19 bits per heavy atom. The number of carboxylic acids is 1. The lowest BCUT2D eigenvalue weighted by Gasteiger charge is -2.02. The molecule has 0 aromatic heterocycles. The third-order valence-corrected chi connectivity index (χ3v) is 3.70. The van der Waals surface area contributed by atoms with Gasteiger partial charge in [0.1, 0.15) is 5.75 Å². The van der Waals surface area contributed by atoms with Crippen molar-refractivity contribution >= 4 is 15.8 Å². The van der Waals surface area contributed by atoms with Crippen LogP contribution >= 0.6 is 0 Å². The highest BCUT2D eigenvalue weighted by Gasteiger charge is 2.14. The molecule has 1 aromatic carbocycles. The fraction of sp³-hybridized carbons (Fsp3) is 0.364. The van der Waals surface area contributed by atoms with Gasteiger partial charge in [-0.15, -0.1) is 0 Å². The Labute approximate surface area is 94.8 Å². The molecule has 0 aliphatic rings. The van der Waals surface area contributed by atoms with Crippen LogP contribution in [0.25, 0.3) is 0 Å². The molecule has 1 aromatic rings. The second-order valence-electron chi connectivity index (χ2n) is 3.57. The summed E-state index contributed by atoms with van der Waals surface area (Å²) in [6.45, 7) is 0. The highest BCUT2D eigenvalue weighted by molar-refractivity contribution is 7.92. The minimum Gasteiger partial charge on any atom is -0.480 e. The maximum atomic E-state index is 11.3. The molecule has 88 valence electrons. The Hall–Kier alpha value is -1.36. The van der Waals surface area contributed by atoms with Gasteiger partial charge in [0.2, 0.25) is 0 Å². The zero-order valence-corrected chi connectivity index (χ0v) is 9.61. The predicted octanol–water partition coefficient (Wildman–Crippen LogP) is 1.12. The summed E-state index contributed by atoms with van der Waals surface area (Å²) in [5, 5.41) is 8.39. The molecule has 0 aliphatic carbocycles. The molecular formula is C11H14O4S. The Bertz CT molecular complexity index is 436. The molecule has 0 heterocycles. The minimum absolute atomic E-state index is 0.0752. The zero-order valence-electron chi connectivity index (χ0n) is 8.80. The summed E-state index contributed by atoms with van der Waals surface area (Å²) < 4.78 is 22.5. The smallest absolute Gasteiger partial charge is 0.318 e. The number of benzene rings is 1. The number of carbonyl (C=O) groups is 1. The van der Waals surface area contributed by atoms with Gasteiger partial charge in [0.25, 0.3) is 0 Å². The summed E-state index contributed by atoms with van der Waals surface area (Å²) >= 11 is 0. The van der Waals surface area contributed by atoms with Gasteiger partial charge in [0.15, 0.2) is 9.84 Å². The first-order valence-corrected chi connectivity index (χ1v) is 6.78. The van der Waals surface area contributed by atoms with Crippen molar-refractivity contribution in [3.05, 3.63) is 35.9 Å². The first-order chi connectivity index (χ1) is 7.49. The van der Waals surface area contributed by atoms with Crippen LogP contribution in [0.15, 0.2) is 30.3 Å². The molecule has 0 saturated carbocycles. The first-order valence-electron chi connectivity index (χ1n) is 4.96. The van der Waals surface area contributed by atoms with E-state index in [1.54, 1.807) is 0 Å². The van der Waals surface area contributed by atoms with Crippen molar-refractivity contribution in [2.24, 2.45) is 0 Å². The Morgan fingerprint density at radius 3 is 2.38 bits per heavy atom. The summed E-state index contributed by atoms with van der Waals surface area (Å²) in [5.41, 5.74) is 1.06. The standard InChI is InChI=1S/C11H14O4S/c12-11(13)9-16(14,15)8-4-7-10-5-2-1-3-6-10/h1-3,5-6H,4,7-9H2,(H,12,13). The van der Waals surface area contributed by atoms with Gasteiger partial charge in [-0.1, -0.05) is 30.3 Å². The lowest BCUT2D eigenvalue weighted by atomic mass is 10.1. The van der Waals surface area contributed by atoms with E-state index < -0.39 is 21.6 Å². The molecule has 1 N–H and O–H groups in total. The highest BCUT2D eigenvalue weighted by Crippen LogP contribution is 2.04. The molecular weight excluding hydrogens is 228 g/mol. The molecule has 0 unspecified atom stereocenters. The van der Waals surface area contributed by atoms with Gasteiger partial charge in [-0.3, -0.25) is 4.79 Å². The largest absolute Gasteiger partial charge is 0.480 e. The van der Waals surface area contributed by atoms with Crippen molar-refractivity contribution < 1.29 is 18.3 Å². The summed E-state index contributed by atoms with van der Waals surface area (Å²) in [7, 11) is -3.45. The second-order valence-corrected chi connectivity index (χ2v) is 5.76. The molecule has 16 heavy (non-hydrogen) atoms. The minimum atomic E-state index is -3.45. The molecule has 0 saturated heterocycles. The van der Waals surface area contributed by atoms with E-state index in [4.69, 9.17) is 5.11 Å². The lowest BCUT2D eigenvalue weighted by Crippen LogP contribution is -2.18. The molecule has 0 aliphatic heterocycles. The van der Waals surface area contributed by atoms with Crippen LogP contribution in [0.1, 0.15) is 12.0 Å². The SMILES string of the molecule is O=C(O)CS(=O)(=O)CCCc1ccccc1. The maximum absolute atomic E-state index is 11.3. The fourth-order valence-corrected chi connectivity index (χ4v) is 2.51. The van der Waals surface area contributed by atoms with E-state index in [9.17, 15) is 13.2 Å². The molecule has 0 amide bonds. The number of aryl methyl sites for hydroxylation is 1. The van der Waals surface area contributed by atoms with Crippen molar-refractivity contribution in [1.29, 1.82) is 0 Å². The van der Waals surface area contributed by atoms with E-state index >= 15 is 0 Å². The Balaban J connectivity index is 2.39. The fourth-order valence-electron chi connectivity index (χ4n) is 1.40. The monoisotopic (exact) mass is 242 g/mol. The van der Waals surface area contributed by atoms with E-state index in [0.717, 1.165) is 5.56 Å². The van der Waals surface area contributed by atoms with E-state index in [1.165, 1.54) is 0 Å². The van der Waals surface area contributed by atoms with E-state index in [2.05, 4.69) is 0 Å². The van der Waals surface area contributed by atoms with Gasteiger partial charge < -0.3 is 5.11 Å². The van der Waals surface area contributed by atoms with Gasteiger partial charge in [-0.05, 0) is 18.4 Å². The maximum Gasteiger partial charge on any atom is 0.318 e. The molecule has 0 radical (unpaired) electrons. The number of carboxylic acid groups (broad SMARTS) is 1.